The number of anilines is 1. The molecule has 0 atom stereocenters. The predicted octanol–water partition coefficient (Wildman–Crippen LogP) is 3.56. The molecule has 0 N–H and O–H groups in total. The molecule has 3 heterocycles. The first-order chi connectivity index (χ1) is 14.9. The highest BCUT2D eigenvalue weighted by molar-refractivity contribution is 7.92. The van der Waals surface area contributed by atoms with Gasteiger partial charge in [0, 0.05) is 31.1 Å². The van der Waals surface area contributed by atoms with Gasteiger partial charge in [-0.25, -0.2) is 13.4 Å². The molecule has 0 aliphatic carbocycles. The molecule has 2 aliphatic heterocycles. The Labute approximate surface area is 181 Å². The van der Waals surface area contributed by atoms with E-state index in [-0.39, 0.29) is 11.8 Å². The number of aryl methyl sites for hydroxylation is 1. The van der Waals surface area contributed by atoms with Gasteiger partial charge in [0.2, 0.25) is 10.0 Å². The smallest absolute Gasteiger partial charge is 0.253 e. The number of para-hydroxylation sites is 2. The van der Waals surface area contributed by atoms with Crippen molar-refractivity contribution in [3.05, 3.63) is 59.5 Å². The molecule has 0 unspecified atom stereocenters. The van der Waals surface area contributed by atoms with Crippen LogP contribution in [0.15, 0.2) is 46.9 Å². The molecule has 1 amide bonds. The fourth-order valence-electron chi connectivity index (χ4n) is 4.62. The van der Waals surface area contributed by atoms with Gasteiger partial charge in [0.15, 0.2) is 11.5 Å². The van der Waals surface area contributed by atoms with Crippen LogP contribution in [0.3, 0.4) is 0 Å². The van der Waals surface area contributed by atoms with Crippen molar-refractivity contribution >= 4 is 32.7 Å². The molecule has 1 saturated heterocycles. The van der Waals surface area contributed by atoms with Crippen LogP contribution >= 0.6 is 0 Å². The molecule has 162 valence electrons. The first-order valence-electron chi connectivity index (χ1n) is 10.7. The van der Waals surface area contributed by atoms with Crippen molar-refractivity contribution in [2.24, 2.45) is 0 Å². The molecular weight excluding hydrogens is 414 g/mol. The van der Waals surface area contributed by atoms with Gasteiger partial charge in [0.25, 0.3) is 5.91 Å². The van der Waals surface area contributed by atoms with Gasteiger partial charge >= 0.3 is 0 Å². The van der Waals surface area contributed by atoms with Crippen molar-refractivity contribution in [1.82, 2.24) is 9.88 Å². The number of carbonyl (C=O) groups excluding carboxylic acids is 1. The number of amides is 1. The highest BCUT2D eigenvalue weighted by Gasteiger charge is 2.29. The average molecular weight is 440 g/mol. The lowest BCUT2D eigenvalue weighted by Gasteiger charge is -2.32. The van der Waals surface area contributed by atoms with Gasteiger partial charge < -0.3 is 9.32 Å². The Bertz CT molecular complexity index is 1210. The van der Waals surface area contributed by atoms with E-state index in [9.17, 15) is 13.2 Å². The Morgan fingerprint density at radius 3 is 2.61 bits per heavy atom. The summed E-state index contributed by atoms with van der Waals surface area (Å²) >= 11 is 0. The van der Waals surface area contributed by atoms with E-state index in [0.29, 0.717) is 30.9 Å². The monoisotopic (exact) mass is 439 g/mol. The zero-order valence-corrected chi connectivity index (χ0v) is 18.3. The van der Waals surface area contributed by atoms with Crippen LogP contribution in [0.5, 0.6) is 0 Å². The molecule has 7 nitrogen and oxygen atoms in total. The summed E-state index contributed by atoms with van der Waals surface area (Å²) < 4.78 is 31.5. The minimum Gasteiger partial charge on any atom is -0.440 e. The van der Waals surface area contributed by atoms with E-state index in [2.05, 4.69) is 4.98 Å². The third-order valence-electron chi connectivity index (χ3n) is 6.24. The van der Waals surface area contributed by atoms with Crippen molar-refractivity contribution in [3.63, 3.8) is 0 Å². The molecule has 1 fully saturated rings. The number of rotatable bonds is 3. The maximum Gasteiger partial charge on any atom is 0.253 e. The summed E-state index contributed by atoms with van der Waals surface area (Å²) in [7, 11) is -3.31. The molecular formula is C23H25N3O4S. The number of piperidine rings is 1. The molecule has 3 aromatic rings. The lowest BCUT2D eigenvalue weighted by molar-refractivity contribution is 0.0706. The van der Waals surface area contributed by atoms with E-state index >= 15 is 0 Å². The van der Waals surface area contributed by atoms with Gasteiger partial charge in [-0.2, -0.15) is 0 Å². The second-order valence-electron chi connectivity index (χ2n) is 8.37. The van der Waals surface area contributed by atoms with Crippen molar-refractivity contribution in [2.75, 3.05) is 30.2 Å². The Morgan fingerprint density at radius 1 is 1.10 bits per heavy atom. The predicted molar refractivity (Wildman–Crippen MR) is 119 cm³/mol. The van der Waals surface area contributed by atoms with Gasteiger partial charge in [-0.15, -0.1) is 0 Å². The van der Waals surface area contributed by atoms with Crippen LogP contribution in [-0.2, 0) is 16.4 Å². The molecule has 8 heteroatoms. The van der Waals surface area contributed by atoms with Gasteiger partial charge in [-0.3, -0.25) is 9.10 Å². The third kappa shape index (κ3) is 3.80. The van der Waals surface area contributed by atoms with E-state index in [1.54, 1.807) is 12.1 Å². The maximum atomic E-state index is 13.1. The van der Waals surface area contributed by atoms with E-state index in [0.717, 1.165) is 48.2 Å². The summed E-state index contributed by atoms with van der Waals surface area (Å²) in [6, 6.07) is 13.1. The standard InChI is InChI=1S/C23H25N3O4S/c1-31(28,29)26-12-4-5-17-15-18(8-9-20(17)26)23(27)25-13-10-16(11-14-25)22-24-19-6-2-3-7-21(19)30-22/h2-3,6-9,15-16H,4-5,10-14H2,1H3. The topological polar surface area (TPSA) is 83.7 Å². The third-order valence-corrected chi connectivity index (χ3v) is 7.42. The fraction of sp³-hybridized carbons (Fsp3) is 0.391. The quantitative estimate of drug-likeness (QED) is 0.623. The molecule has 5 rings (SSSR count). The molecule has 0 bridgehead atoms. The lowest BCUT2D eigenvalue weighted by atomic mass is 9.95. The Balaban J connectivity index is 1.29. The minimum atomic E-state index is -3.31. The summed E-state index contributed by atoms with van der Waals surface area (Å²) in [5, 5.41) is 0. The largest absolute Gasteiger partial charge is 0.440 e. The number of likely N-dealkylation sites (tertiary alicyclic amines) is 1. The zero-order chi connectivity index (χ0) is 21.6. The van der Waals surface area contributed by atoms with Gasteiger partial charge in [-0.1, -0.05) is 12.1 Å². The zero-order valence-electron chi connectivity index (χ0n) is 17.5. The van der Waals surface area contributed by atoms with E-state index in [4.69, 9.17) is 4.42 Å². The average Bonchev–Trinajstić information content (AvgIpc) is 3.21. The molecule has 31 heavy (non-hydrogen) atoms. The van der Waals surface area contributed by atoms with Crippen molar-refractivity contribution in [2.45, 2.75) is 31.6 Å². The first kappa shape index (κ1) is 20.1. The number of fused-ring (bicyclic) bond motifs is 2. The van der Waals surface area contributed by atoms with Crippen molar-refractivity contribution < 1.29 is 17.6 Å². The number of nitrogens with zero attached hydrogens (tertiary/aromatic N) is 3. The second kappa shape index (κ2) is 7.67. The first-order valence-corrected chi connectivity index (χ1v) is 12.5. The Morgan fingerprint density at radius 2 is 1.87 bits per heavy atom. The van der Waals surface area contributed by atoms with Gasteiger partial charge in [0.05, 0.1) is 11.9 Å². The Kier molecular flexibility index (Phi) is 4.97. The highest BCUT2D eigenvalue weighted by atomic mass is 32.2. The number of hydrogen-bond donors (Lipinski definition) is 0. The van der Waals surface area contributed by atoms with Crippen LogP contribution < -0.4 is 4.31 Å². The van der Waals surface area contributed by atoms with Crippen LogP contribution in [0, 0.1) is 0 Å². The van der Waals surface area contributed by atoms with Crippen LogP contribution in [0.2, 0.25) is 0 Å². The van der Waals surface area contributed by atoms with Crippen LogP contribution in [0.25, 0.3) is 11.1 Å². The number of oxazole rings is 1. The molecule has 0 saturated carbocycles. The number of aromatic nitrogens is 1. The SMILES string of the molecule is CS(=O)(=O)N1CCCc2cc(C(=O)N3CCC(c4nc5ccccc5o4)CC3)ccc21. The second-order valence-corrected chi connectivity index (χ2v) is 10.3. The summed E-state index contributed by atoms with van der Waals surface area (Å²) in [6.07, 6.45) is 4.38. The molecule has 2 aliphatic rings. The number of hydrogen-bond acceptors (Lipinski definition) is 5. The number of sulfonamides is 1. The van der Waals surface area contributed by atoms with E-state index < -0.39 is 10.0 Å². The summed E-state index contributed by atoms with van der Waals surface area (Å²) in [5.74, 6) is 0.960. The van der Waals surface area contributed by atoms with E-state index in [1.165, 1.54) is 10.6 Å². The molecule has 0 spiro atoms. The molecule has 1 aromatic heterocycles. The number of carbonyl (C=O) groups is 1. The molecule has 0 radical (unpaired) electrons. The van der Waals surface area contributed by atoms with Crippen molar-refractivity contribution in [3.8, 4) is 0 Å². The van der Waals surface area contributed by atoms with Gasteiger partial charge in [-0.05, 0) is 61.6 Å². The minimum absolute atomic E-state index is 0.00436. The maximum absolute atomic E-state index is 13.1. The van der Waals surface area contributed by atoms with Crippen LogP contribution in [0.1, 0.15) is 47.0 Å². The summed E-state index contributed by atoms with van der Waals surface area (Å²) in [4.78, 5) is 19.6. The summed E-state index contributed by atoms with van der Waals surface area (Å²) in [6.45, 7) is 1.78. The van der Waals surface area contributed by atoms with Crippen LogP contribution in [-0.4, -0.2) is 50.1 Å². The van der Waals surface area contributed by atoms with Crippen molar-refractivity contribution in [1.29, 1.82) is 0 Å². The molecule has 2 aromatic carbocycles. The van der Waals surface area contributed by atoms with E-state index in [1.807, 2.05) is 35.2 Å². The normalized spacial score (nSPS) is 17.7. The fourth-order valence-corrected chi connectivity index (χ4v) is 5.61. The van der Waals surface area contributed by atoms with Crippen LogP contribution in [0.4, 0.5) is 5.69 Å². The number of benzene rings is 2. The lowest BCUT2D eigenvalue weighted by Crippen LogP contribution is -2.38. The highest BCUT2D eigenvalue weighted by Crippen LogP contribution is 2.32. The van der Waals surface area contributed by atoms with Gasteiger partial charge in [0.1, 0.15) is 5.52 Å². The Hall–Kier alpha value is -2.87. The summed E-state index contributed by atoms with van der Waals surface area (Å²) in [5.41, 5.74) is 3.90.